The third-order valence-corrected chi connectivity index (χ3v) is 5.59. The van der Waals surface area contributed by atoms with Crippen molar-refractivity contribution in [1.82, 2.24) is 19.6 Å². The van der Waals surface area contributed by atoms with Crippen LogP contribution in [0.5, 0.6) is 0 Å². The zero-order chi connectivity index (χ0) is 18.5. The van der Waals surface area contributed by atoms with E-state index in [0.29, 0.717) is 11.1 Å². The lowest BCUT2D eigenvalue weighted by Crippen LogP contribution is -2.48. The van der Waals surface area contributed by atoms with Crippen LogP contribution in [0, 0.1) is 0 Å². The van der Waals surface area contributed by atoms with E-state index < -0.39 is 0 Å². The van der Waals surface area contributed by atoms with Gasteiger partial charge in [0.05, 0.1) is 0 Å². The molecule has 2 heterocycles. The van der Waals surface area contributed by atoms with Gasteiger partial charge in [-0.15, -0.1) is 0 Å². The number of hydrogen-bond donors (Lipinski definition) is 0. The van der Waals surface area contributed by atoms with Crippen LogP contribution in [-0.4, -0.2) is 96.9 Å². The summed E-state index contributed by atoms with van der Waals surface area (Å²) in [6.45, 7) is 13.2. The molecule has 0 bridgehead atoms. The van der Waals surface area contributed by atoms with Gasteiger partial charge in [-0.05, 0) is 37.4 Å². The topological polar surface area (TPSA) is 47.1 Å². The molecule has 1 aromatic carbocycles. The lowest BCUT2D eigenvalue weighted by molar-refractivity contribution is 0.0632. The van der Waals surface area contributed by atoms with Crippen LogP contribution >= 0.6 is 0 Å². The van der Waals surface area contributed by atoms with E-state index in [2.05, 4.69) is 23.6 Å². The monoisotopic (exact) mass is 358 g/mol. The molecule has 0 saturated carbocycles. The van der Waals surface area contributed by atoms with E-state index >= 15 is 0 Å². The SMILES string of the molecule is CCN1CCN(C(=O)c2ccc(C(=O)N3CCN(CC)CC3)cc2)CC1. The van der Waals surface area contributed by atoms with E-state index in [1.165, 1.54) is 0 Å². The van der Waals surface area contributed by atoms with Crippen molar-refractivity contribution in [1.29, 1.82) is 0 Å². The summed E-state index contributed by atoms with van der Waals surface area (Å²) < 4.78 is 0. The number of amides is 2. The normalized spacial score (nSPS) is 19.6. The van der Waals surface area contributed by atoms with Crippen LogP contribution in [0.3, 0.4) is 0 Å². The average molecular weight is 358 g/mol. The predicted octanol–water partition coefficient (Wildman–Crippen LogP) is 1.24. The van der Waals surface area contributed by atoms with Crippen molar-refractivity contribution in [2.75, 3.05) is 65.4 Å². The van der Waals surface area contributed by atoms with Gasteiger partial charge < -0.3 is 19.6 Å². The van der Waals surface area contributed by atoms with E-state index in [0.717, 1.165) is 65.4 Å². The van der Waals surface area contributed by atoms with Crippen LogP contribution < -0.4 is 0 Å². The van der Waals surface area contributed by atoms with Gasteiger partial charge in [-0.3, -0.25) is 9.59 Å². The molecule has 2 saturated heterocycles. The first-order valence-electron chi connectivity index (χ1n) is 9.75. The van der Waals surface area contributed by atoms with Gasteiger partial charge in [0.1, 0.15) is 0 Å². The molecule has 3 rings (SSSR count). The van der Waals surface area contributed by atoms with Crippen molar-refractivity contribution in [3.63, 3.8) is 0 Å². The first kappa shape index (κ1) is 18.9. The lowest BCUT2D eigenvalue weighted by Gasteiger charge is -2.34. The van der Waals surface area contributed by atoms with E-state index in [4.69, 9.17) is 0 Å². The quantitative estimate of drug-likeness (QED) is 0.813. The summed E-state index contributed by atoms with van der Waals surface area (Å²) in [6, 6.07) is 7.18. The van der Waals surface area contributed by atoms with Crippen molar-refractivity contribution in [3.05, 3.63) is 35.4 Å². The van der Waals surface area contributed by atoms with Crippen LogP contribution in [-0.2, 0) is 0 Å². The number of carbonyl (C=O) groups excluding carboxylic acids is 2. The standard InChI is InChI=1S/C20H30N4O2/c1-3-21-9-13-23(14-10-21)19(25)17-5-7-18(8-6-17)20(26)24-15-11-22(4-2)12-16-24/h5-8H,3-4,9-16H2,1-2H3. The van der Waals surface area contributed by atoms with Gasteiger partial charge in [0.2, 0.25) is 0 Å². The molecule has 0 radical (unpaired) electrons. The first-order chi connectivity index (χ1) is 12.6. The number of hydrogen-bond acceptors (Lipinski definition) is 4. The molecule has 0 unspecified atom stereocenters. The Hall–Kier alpha value is -1.92. The highest BCUT2D eigenvalue weighted by Gasteiger charge is 2.23. The molecule has 6 heteroatoms. The third kappa shape index (κ3) is 4.24. The van der Waals surface area contributed by atoms with Gasteiger partial charge in [0, 0.05) is 63.5 Å². The molecule has 2 aliphatic rings. The minimum absolute atomic E-state index is 0.0660. The van der Waals surface area contributed by atoms with Gasteiger partial charge in [0.25, 0.3) is 11.8 Å². The van der Waals surface area contributed by atoms with Crippen LogP contribution in [0.2, 0.25) is 0 Å². The van der Waals surface area contributed by atoms with E-state index in [-0.39, 0.29) is 11.8 Å². The predicted molar refractivity (Wildman–Crippen MR) is 102 cm³/mol. The molecular formula is C20H30N4O2. The molecular weight excluding hydrogens is 328 g/mol. The highest BCUT2D eigenvalue weighted by Crippen LogP contribution is 2.13. The van der Waals surface area contributed by atoms with Crippen LogP contribution in [0.25, 0.3) is 0 Å². The first-order valence-corrected chi connectivity index (χ1v) is 9.75. The summed E-state index contributed by atoms with van der Waals surface area (Å²) in [5, 5.41) is 0. The highest BCUT2D eigenvalue weighted by atomic mass is 16.2. The molecule has 0 spiro atoms. The second kappa shape index (κ2) is 8.64. The zero-order valence-corrected chi connectivity index (χ0v) is 16.0. The molecule has 2 amide bonds. The largest absolute Gasteiger partial charge is 0.336 e. The van der Waals surface area contributed by atoms with Crippen molar-refractivity contribution in [2.24, 2.45) is 0 Å². The average Bonchev–Trinajstić information content (AvgIpc) is 2.73. The Labute approximate surface area is 156 Å². The maximum Gasteiger partial charge on any atom is 0.253 e. The minimum atomic E-state index is 0.0660. The maximum absolute atomic E-state index is 12.7. The van der Waals surface area contributed by atoms with Crippen molar-refractivity contribution >= 4 is 11.8 Å². The van der Waals surface area contributed by atoms with Crippen LogP contribution in [0.1, 0.15) is 34.6 Å². The number of piperazine rings is 2. The van der Waals surface area contributed by atoms with E-state index in [9.17, 15) is 9.59 Å². The van der Waals surface area contributed by atoms with E-state index in [1.54, 1.807) is 24.3 Å². The minimum Gasteiger partial charge on any atom is -0.336 e. The summed E-state index contributed by atoms with van der Waals surface area (Å²) >= 11 is 0. The lowest BCUT2D eigenvalue weighted by atomic mass is 10.1. The fourth-order valence-corrected chi connectivity index (χ4v) is 3.65. The number of nitrogens with zero attached hydrogens (tertiary/aromatic N) is 4. The molecule has 26 heavy (non-hydrogen) atoms. The van der Waals surface area contributed by atoms with Gasteiger partial charge in [-0.1, -0.05) is 13.8 Å². The maximum atomic E-state index is 12.7. The van der Waals surface area contributed by atoms with Crippen molar-refractivity contribution in [3.8, 4) is 0 Å². The zero-order valence-electron chi connectivity index (χ0n) is 16.0. The Morgan fingerprint density at radius 3 is 1.23 bits per heavy atom. The Bertz CT molecular complexity index is 560. The summed E-state index contributed by atoms with van der Waals surface area (Å²) in [4.78, 5) is 33.8. The second-order valence-corrected chi connectivity index (χ2v) is 7.03. The molecule has 6 nitrogen and oxygen atoms in total. The number of rotatable bonds is 4. The molecule has 0 aliphatic carbocycles. The Morgan fingerprint density at radius 2 is 0.962 bits per heavy atom. The van der Waals surface area contributed by atoms with E-state index in [1.807, 2.05) is 9.80 Å². The van der Waals surface area contributed by atoms with Gasteiger partial charge in [-0.2, -0.15) is 0 Å². The van der Waals surface area contributed by atoms with Crippen molar-refractivity contribution in [2.45, 2.75) is 13.8 Å². The van der Waals surface area contributed by atoms with Crippen LogP contribution in [0.4, 0.5) is 0 Å². The molecule has 0 atom stereocenters. The molecule has 2 aliphatic heterocycles. The Kier molecular flexibility index (Phi) is 6.27. The van der Waals surface area contributed by atoms with Crippen molar-refractivity contribution < 1.29 is 9.59 Å². The third-order valence-electron chi connectivity index (χ3n) is 5.59. The number of carbonyl (C=O) groups is 2. The van der Waals surface area contributed by atoms with Gasteiger partial charge in [0.15, 0.2) is 0 Å². The molecule has 0 aromatic heterocycles. The Morgan fingerprint density at radius 1 is 0.654 bits per heavy atom. The van der Waals surface area contributed by atoms with Gasteiger partial charge >= 0.3 is 0 Å². The summed E-state index contributed by atoms with van der Waals surface area (Å²) in [5.74, 6) is 0.132. The number of benzene rings is 1. The molecule has 0 N–H and O–H groups in total. The fourth-order valence-electron chi connectivity index (χ4n) is 3.65. The summed E-state index contributed by atoms with van der Waals surface area (Å²) in [7, 11) is 0. The Balaban J connectivity index is 1.58. The fraction of sp³-hybridized carbons (Fsp3) is 0.600. The van der Waals surface area contributed by atoms with Crippen LogP contribution in [0.15, 0.2) is 24.3 Å². The number of likely N-dealkylation sites (N-methyl/N-ethyl adjacent to an activating group) is 2. The second-order valence-electron chi connectivity index (χ2n) is 7.03. The molecule has 2 fully saturated rings. The highest BCUT2D eigenvalue weighted by molar-refractivity contribution is 5.98. The summed E-state index contributed by atoms with van der Waals surface area (Å²) in [5.41, 5.74) is 1.34. The summed E-state index contributed by atoms with van der Waals surface area (Å²) in [6.07, 6.45) is 0. The smallest absolute Gasteiger partial charge is 0.253 e. The van der Waals surface area contributed by atoms with Gasteiger partial charge in [-0.25, -0.2) is 0 Å². The molecule has 1 aromatic rings. The molecule has 142 valence electrons.